The number of carboxylic acid groups (broad SMARTS) is 1. The standard InChI is InChI=1S/C9H10BrNO3S/c1-5-6(10)3-7(15-5)8(9(13)14)11(2)4-12/h3-4,8H,1-2H3,(H,13,14). The molecule has 0 aliphatic rings. The van der Waals surface area contributed by atoms with Crippen molar-refractivity contribution in [2.24, 2.45) is 0 Å². The van der Waals surface area contributed by atoms with Gasteiger partial charge in [-0.1, -0.05) is 0 Å². The molecule has 0 saturated carbocycles. The zero-order valence-electron chi connectivity index (χ0n) is 8.23. The van der Waals surface area contributed by atoms with Crippen LogP contribution in [0.25, 0.3) is 0 Å². The first kappa shape index (κ1) is 12.2. The highest BCUT2D eigenvalue weighted by Gasteiger charge is 2.26. The number of amides is 1. The fourth-order valence-electron chi connectivity index (χ4n) is 1.17. The number of aryl methyl sites for hydroxylation is 1. The van der Waals surface area contributed by atoms with Crippen molar-refractivity contribution in [2.75, 3.05) is 7.05 Å². The summed E-state index contributed by atoms with van der Waals surface area (Å²) in [5, 5.41) is 9.02. The fraction of sp³-hybridized carbons (Fsp3) is 0.333. The van der Waals surface area contributed by atoms with E-state index in [1.54, 1.807) is 6.07 Å². The number of aliphatic carboxylic acids is 1. The number of thiophene rings is 1. The van der Waals surface area contributed by atoms with Crippen LogP contribution in [0.4, 0.5) is 0 Å². The number of halogens is 1. The minimum absolute atomic E-state index is 0.516. The van der Waals surface area contributed by atoms with E-state index in [9.17, 15) is 9.59 Å². The second-order valence-corrected chi connectivity index (χ2v) is 5.21. The molecule has 1 aromatic heterocycles. The molecule has 0 aliphatic carbocycles. The van der Waals surface area contributed by atoms with Crippen molar-refractivity contribution in [1.82, 2.24) is 4.90 Å². The Bertz CT molecular complexity index is 371. The van der Waals surface area contributed by atoms with Gasteiger partial charge in [-0.15, -0.1) is 11.3 Å². The minimum Gasteiger partial charge on any atom is -0.479 e. The molecule has 82 valence electrons. The Balaban J connectivity index is 3.09. The van der Waals surface area contributed by atoms with Crippen LogP contribution in [0.15, 0.2) is 10.5 Å². The molecule has 6 heteroatoms. The highest BCUT2D eigenvalue weighted by atomic mass is 79.9. The molecular formula is C9H10BrNO3S. The summed E-state index contributed by atoms with van der Waals surface area (Å²) in [5.41, 5.74) is 0. The molecule has 15 heavy (non-hydrogen) atoms. The lowest BCUT2D eigenvalue weighted by Crippen LogP contribution is -2.28. The van der Waals surface area contributed by atoms with E-state index in [4.69, 9.17) is 5.11 Å². The summed E-state index contributed by atoms with van der Waals surface area (Å²) in [7, 11) is 1.45. The zero-order valence-corrected chi connectivity index (χ0v) is 10.6. The molecule has 0 radical (unpaired) electrons. The maximum absolute atomic E-state index is 11.0. The van der Waals surface area contributed by atoms with Crippen LogP contribution in [-0.4, -0.2) is 29.4 Å². The molecule has 0 spiro atoms. The van der Waals surface area contributed by atoms with Gasteiger partial charge in [0.2, 0.25) is 6.41 Å². The molecule has 1 atom stereocenters. The van der Waals surface area contributed by atoms with Gasteiger partial charge >= 0.3 is 5.97 Å². The van der Waals surface area contributed by atoms with E-state index in [1.165, 1.54) is 18.4 Å². The van der Waals surface area contributed by atoms with E-state index < -0.39 is 12.0 Å². The number of carbonyl (C=O) groups excluding carboxylic acids is 1. The lowest BCUT2D eigenvalue weighted by atomic mass is 10.2. The van der Waals surface area contributed by atoms with Crippen molar-refractivity contribution in [2.45, 2.75) is 13.0 Å². The van der Waals surface area contributed by atoms with Gasteiger partial charge in [-0.3, -0.25) is 4.79 Å². The fourth-order valence-corrected chi connectivity index (χ4v) is 2.88. The largest absolute Gasteiger partial charge is 0.479 e. The lowest BCUT2D eigenvalue weighted by molar-refractivity contribution is -0.145. The topological polar surface area (TPSA) is 57.6 Å². The number of hydrogen-bond acceptors (Lipinski definition) is 3. The molecule has 0 bridgehead atoms. The maximum Gasteiger partial charge on any atom is 0.331 e. The summed E-state index contributed by atoms with van der Waals surface area (Å²) in [5.74, 6) is -1.03. The van der Waals surface area contributed by atoms with Gasteiger partial charge in [-0.2, -0.15) is 0 Å². The van der Waals surface area contributed by atoms with E-state index in [2.05, 4.69) is 15.9 Å². The van der Waals surface area contributed by atoms with Gasteiger partial charge in [0.15, 0.2) is 6.04 Å². The van der Waals surface area contributed by atoms with Gasteiger partial charge in [-0.25, -0.2) is 4.79 Å². The van der Waals surface area contributed by atoms with Crippen LogP contribution in [0.1, 0.15) is 15.8 Å². The molecule has 1 aromatic rings. The van der Waals surface area contributed by atoms with Crippen molar-refractivity contribution in [3.63, 3.8) is 0 Å². The smallest absolute Gasteiger partial charge is 0.331 e. The second kappa shape index (κ2) is 4.76. The van der Waals surface area contributed by atoms with Gasteiger partial charge in [0.05, 0.1) is 0 Å². The Morgan fingerprint density at radius 1 is 1.73 bits per heavy atom. The van der Waals surface area contributed by atoms with Gasteiger partial charge in [0.1, 0.15) is 0 Å². The molecule has 1 unspecified atom stereocenters. The highest BCUT2D eigenvalue weighted by Crippen LogP contribution is 2.32. The average molecular weight is 292 g/mol. The van der Waals surface area contributed by atoms with Crippen LogP contribution in [0, 0.1) is 6.92 Å². The van der Waals surface area contributed by atoms with Crippen molar-refractivity contribution < 1.29 is 14.7 Å². The van der Waals surface area contributed by atoms with Crippen molar-refractivity contribution in [3.8, 4) is 0 Å². The number of likely N-dealkylation sites (N-methyl/N-ethyl adjacent to an activating group) is 1. The number of carbonyl (C=O) groups is 2. The van der Waals surface area contributed by atoms with Gasteiger partial charge in [0.25, 0.3) is 0 Å². The molecule has 0 saturated heterocycles. The third-order valence-electron chi connectivity index (χ3n) is 1.95. The third kappa shape index (κ3) is 2.57. The minimum atomic E-state index is -1.03. The van der Waals surface area contributed by atoms with Crippen molar-refractivity contribution in [1.29, 1.82) is 0 Å². The van der Waals surface area contributed by atoms with Crippen LogP contribution < -0.4 is 0 Å². The Morgan fingerprint density at radius 3 is 2.67 bits per heavy atom. The van der Waals surface area contributed by atoms with E-state index in [1.807, 2.05) is 6.92 Å². The molecule has 1 heterocycles. The second-order valence-electron chi connectivity index (χ2n) is 3.06. The molecule has 1 rings (SSSR count). The maximum atomic E-state index is 11.0. The summed E-state index contributed by atoms with van der Waals surface area (Å²) < 4.78 is 0.869. The van der Waals surface area contributed by atoms with E-state index in [0.717, 1.165) is 14.2 Å². The molecule has 0 aliphatic heterocycles. The normalized spacial score (nSPS) is 12.2. The predicted octanol–water partition coefficient (Wildman–Crippen LogP) is 2.03. The summed E-state index contributed by atoms with van der Waals surface area (Å²) in [6, 6.07) is 0.830. The number of rotatable bonds is 4. The predicted molar refractivity (Wildman–Crippen MR) is 61.0 cm³/mol. The number of nitrogens with zero attached hydrogens (tertiary/aromatic N) is 1. The Hall–Kier alpha value is -0.880. The van der Waals surface area contributed by atoms with Crippen LogP contribution in [0.3, 0.4) is 0 Å². The lowest BCUT2D eigenvalue weighted by Gasteiger charge is -2.18. The molecular weight excluding hydrogens is 282 g/mol. The molecule has 1 amide bonds. The molecule has 1 N–H and O–H groups in total. The van der Waals surface area contributed by atoms with E-state index in [-0.39, 0.29) is 0 Å². The van der Waals surface area contributed by atoms with Crippen molar-refractivity contribution in [3.05, 3.63) is 20.3 Å². The Morgan fingerprint density at radius 2 is 2.33 bits per heavy atom. The summed E-state index contributed by atoms with van der Waals surface area (Å²) >= 11 is 4.68. The Labute approximate surface area is 99.6 Å². The van der Waals surface area contributed by atoms with Crippen LogP contribution in [0.5, 0.6) is 0 Å². The first-order chi connectivity index (χ1) is 6.97. The highest BCUT2D eigenvalue weighted by molar-refractivity contribution is 9.10. The Kier molecular flexibility index (Phi) is 3.87. The zero-order chi connectivity index (χ0) is 11.6. The third-order valence-corrected chi connectivity index (χ3v) is 4.14. The first-order valence-electron chi connectivity index (χ1n) is 4.13. The summed E-state index contributed by atoms with van der Waals surface area (Å²) in [6.45, 7) is 1.89. The molecule has 0 aromatic carbocycles. The van der Waals surface area contributed by atoms with Gasteiger partial charge < -0.3 is 10.0 Å². The first-order valence-corrected chi connectivity index (χ1v) is 5.74. The number of hydrogen-bond donors (Lipinski definition) is 1. The SMILES string of the molecule is Cc1sc(C(C(=O)O)N(C)C=O)cc1Br. The quantitative estimate of drug-likeness (QED) is 0.864. The van der Waals surface area contributed by atoms with Crippen molar-refractivity contribution >= 4 is 39.6 Å². The number of carboxylic acids is 1. The van der Waals surface area contributed by atoms with Crippen LogP contribution in [-0.2, 0) is 9.59 Å². The summed E-state index contributed by atoms with van der Waals surface area (Å²) in [4.78, 5) is 24.4. The average Bonchev–Trinajstić information content (AvgIpc) is 2.46. The van der Waals surface area contributed by atoms with E-state index >= 15 is 0 Å². The van der Waals surface area contributed by atoms with Gasteiger partial charge in [-0.05, 0) is 28.9 Å². The molecule has 0 fully saturated rings. The monoisotopic (exact) mass is 291 g/mol. The van der Waals surface area contributed by atoms with Crippen LogP contribution in [0.2, 0.25) is 0 Å². The van der Waals surface area contributed by atoms with E-state index in [0.29, 0.717) is 11.3 Å². The van der Waals surface area contributed by atoms with Gasteiger partial charge in [0, 0.05) is 21.3 Å². The van der Waals surface area contributed by atoms with Crippen LogP contribution >= 0.6 is 27.3 Å². The summed E-state index contributed by atoms with van der Waals surface area (Å²) in [6.07, 6.45) is 0.516. The molecule has 4 nitrogen and oxygen atoms in total.